The standard InChI is InChI=1S/C5H11Cl4P/c1-2-3-4-5(6)10(7,8)9/h5,10H,2-4H2,1H3. The third-order valence-electron chi connectivity index (χ3n) is 1.17. The molecule has 0 amide bonds. The third-order valence-corrected chi connectivity index (χ3v) is 6.74. The Bertz CT molecular complexity index is 90.1. The van der Waals surface area contributed by atoms with Crippen LogP contribution in [0.15, 0.2) is 0 Å². The van der Waals surface area contributed by atoms with Crippen LogP contribution >= 0.6 is 50.6 Å². The zero-order valence-corrected chi connectivity index (χ0v) is 9.73. The van der Waals surface area contributed by atoms with Gasteiger partial charge in [-0.25, -0.2) is 0 Å². The van der Waals surface area contributed by atoms with Crippen LogP contribution in [0.1, 0.15) is 26.2 Å². The van der Waals surface area contributed by atoms with Gasteiger partial charge in [-0.1, -0.05) is 0 Å². The minimum absolute atomic E-state index is 0.225. The molecule has 0 bridgehead atoms. The van der Waals surface area contributed by atoms with E-state index in [0.717, 1.165) is 19.3 Å². The van der Waals surface area contributed by atoms with Gasteiger partial charge in [0.25, 0.3) is 0 Å². The van der Waals surface area contributed by atoms with Crippen molar-refractivity contribution in [3.63, 3.8) is 0 Å². The average Bonchev–Trinajstić information content (AvgIpc) is 1.80. The first kappa shape index (κ1) is 11.6. The Hall–Kier alpha value is 1.59. The first-order valence-electron chi connectivity index (χ1n) is 3.19. The van der Waals surface area contributed by atoms with E-state index >= 15 is 0 Å². The second kappa shape index (κ2) is 5.27. The average molecular weight is 244 g/mol. The monoisotopic (exact) mass is 242 g/mol. The number of hydrogen-bond donors (Lipinski definition) is 0. The van der Waals surface area contributed by atoms with E-state index in [0.29, 0.717) is 0 Å². The summed E-state index contributed by atoms with van der Waals surface area (Å²) in [5.41, 5.74) is 0. The Kier molecular flexibility index (Phi) is 6.11. The molecule has 1 atom stereocenters. The molecular weight excluding hydrogens is 233 g/mol. The van der Waals surface area contributed by atoms with E-state index in [9.17, 15) is 0 Å². The van der Waals surface area contributed by atoms with Crippen molar-refractivity contribution in [1.29, 1.82) is 0 Å². The van der Waals surface area contributed by atoms with Gasteiger partial charge >= 0.3 is 81.9 Å². The third kappa shape index (κ3) is 5.27. The number of alkyl halides is 1. The van der Waals surface area contributed by atoms with Crippen LogP contribution in [0.2, 0.25) is 0 Å². The Balaban J connectivity index is 3.52. The van der Waals surface area contributed by atoms with Crippen molar-refractivity contribution in [2.24, 2.45) is 0 Å². The molecule has 0 aromatic rings. The maximum absolute atomic E-state index is 5.80. The fraction of sp³-hybridized carbons (Fsp3) is 1.00. The molecule has 0 N–H and O–H groups in total. The first-order chi connectivity index (χ1) is 4.48. The molecule has 0 aliphatic carbocycles. The molecule has 1 unspecified atom stereocenters. The molecule has 0 saturated heterocycles. The van der Waals surface area contributed by atoms with Crippen LogP contribution in [0.3, 0.4) is 0 Å². The Labute approximate surface area is 81.9 Å². The summed E-state index contributed by atoms with van der Waals surface area (Å²) in [5.74, 6) is 0. The first-order valence-corrected chi connectivity index (χ1v) is 8.74. The van der Waals surface area contributed by atoms with E-state index in [4.69, 9.17) is 45.3 Å². The normalized spacial score (nSPS) is 16.9. The second-order valence-corrected chi connectivity index (χ2v) is 11.9. The Morgan fingerprint density at radius 3 is 2.10 bits per heavy atom. The molecule has 0 heterocycles. The minimum atomic E-state index is -2.62. The zero-order valence-electron chi connectivity index (χ0n) is 5.71. The summed E-state index contributed by atoms with van der Waals surface area (Å²) in [7, 11) is 0. The van der Waals surface area contributed by atoms with Crippen LogP contribution in [0, 0.1) is 0 Å². The molecular formula is C5H11Cl4P. The number of hydrogen-bond acceptors (Lipinski definition) is 0. The van der Waals surface area contributed by atoms with Crippen LogP contribution in [0.5, 0.6) is 0 Å². The fourth-order valence-electron chi connectivity index (χ4n) is 0.547. The predicted octanol–water partition coefficient (Wildman–Crippen LogP) is 4.95. The molecule has 0 aromatic carbocycles. The van der Waals surface area contributed by atoms with Gasteiger partial charge in [0, 0.05) is 0 Å². The van der Waals surface area contributed by atoms with Crippen molar-refractivity contribution in [2.75, 3.05) is 0 Å². The van der Waals surface area contributed by atoms with Crippen molar-refractivity contribution < 1.29 is 0 Å². The summed E-state index contributed by atoms with van der Waals surface area (Å²) in [5, 5.41) is -2.84. The fourth-order valence-corrected chi connectivity index (χ4v) is 2.21. The van der Waals surface area contributed by atoms with E-state index in [1.807, 2.05) is 0 Å². The van der Waals surface area contributed by atoms with Gasteiger partial charge in [0.2, 0.25) is 0 Å². The molecule has 0 radical (unpaired) electrons. The van der Waals surface area contributed by atoms with E-state index < -0.39 is 5.32 Å². The van der Waals surface area contributed by atoms with Gasteiger partial charge < -0.3 is 0 Å². The van der Waals surface area contributed by atoms with Gasteiger partial charge in [-0.15, -0.1) is 0 Å². The quantitative estimate of drug-likeness (QED) is 0.484. The molecule has 5 heteroatoms. The van der Waals surface area contributed by atoms with E-state index in [2.05, 4.69) is 6.92 Å². The van der Waals surface area contributed by atoms with Crippen LogP contribution in [0.4, 0.5) is 0 Å². The molecule has 0 aromatic heterocycles. The number of rotatable bonds is 4. The molecule has 0 fully saturated rings. The molecule has 0 saturated carbocycles. The maximum atomic E-state index is 5.80. The Morgan fingerprint density at radius 2 is 1.80 bits per heavy atom. The van der Waals surface area contributed by atoms with Crippen molar-refractivity contribution in [3.8, 4) is 0 Å². The number of halogens is 4. The van der Waals surface area contributed by atoms with Crippen LogP contribution in [0.25, 0.3) is 0 Å². The van der Waals surface area contributed by atoms with E-state index in [1.165, 1.54) is 0 Å². The molecule has 64 valence electrons. The molecule has 0 rings (SSSR count). The summed E-state index contributed by atoms with van der Waals surface area (Å²) >= 11 is 22.8. The Morgan fingerprint density at radius 1 is 1.30 bits per heavy atom. The van der Waals surface area contributed by atoms with E-state index in [1.54, 1.807) is 0 Å². The van der Waals surface area contributed by atoms with Gasteiger partial charge in [-0.3, -0.25) is 0 Å². The summed E-state index contributed by atoms with van der Waals surface area (Å²) in [6.07, 6.45) is 2.95. The van der Waals surface area contributed by atoms with Crippen LogP contribution < -0.4 is 0 Å². The van der Waals surface area contributed by atoms with Gasteiger partial charge in [0.15, 0.2) is 0 Å². The summed E-state index contributed by atoms with van der Waals surface area (Å²) in [6.45, 7) is 2.09. The van der Waals surface area contributed by atoms with Gasteiger partial charge in [0.1, 0.15) is 0 Å². The summed E-state index contributed by atoms with van der Waals surface area (Å²) < 4.78 is 0. The van der Waals surface area contributed by atoms with Gasteiger partial charge in [-0.05, 0) is 0 Å². The topological polar surface area (TPSA) is 0 Å². The second-order valence-electron chi connectivity index (χ2n) is 2.15. The SMILES string of the molecule is CCCCC(Cl)[PH](Cl)(Cl)Cl. The molecule has 0 aliphatic rings. The molecule has 0 aliphatic heterocycles. The van der Waals surface area contributed by atoms with Crippen LogP contribution in [-0.4, -0.2) is 5.12 Å². The summed E-state index contributed by atoms with van der Waals surface area (Å²) in [6, 6.07) is 0. The van der Waals surface area contributed by atoms with E-state index in [-0.39, 0.29) is 5.12 Å². The molecule has 0 nitrogen and oxygen atoms in total. The summed E-state index contributed by atoms with van der Waals surface area (Å²) in [4.78, 5) is 0. The zero-order chi connectivity index (χ0) is 8.20. The van der Waals surface area contributed by atoms with Gasteiger partial charge in [-0.2, -0.15) is 0 Å². The van der Waals surface area contributed by atoms with Crippen molar-refractivity contribution >= 4 is 50.6 Å². The number of unbranched alkanes of at least 4 members (excludes halogenated alkanes) is 1. The predicted molar refractivity (Wildman–Crippen MR) is 55.0 cm³/mol. The molecule has 0 spiro atoms. The van der Waals surface area contributed by atoms with Crippen molar-refractivity contribution in [3.05, 3.63) is 0 Å². The molecule has 10 heavy (non-hydrogen) atoms. The van der Waals surface area contributed by atoms with Gasteiger partial charge in [0.05, 0.1) is 0 Å². The van der Waals surface area contributed by atoms with Crippen molar-refractivity contribution in [1.82, 2.24) is 0 Å². The van der Waals surface area contributed by atoms with Crippen LogP contribution in [-0.2, 0) is 0 Å². The van der Waals surface area contributed by atoms with Crippen molar-refractivity contribution in [2.45, 2.75) is 31.3 Å².